The Balaban J connectivity index is 1.98. The third kappa shape index (κ3) is 8.32. The van der Waals surface area contributed by atoms with Crippen molar-refractivity contribution in [3.63, 3.8) is 0 Å². The van der Waals surface area contributed by atoms with E-state index in [9.17, 15) is 4.79 Å². The molecule has 0 unspecified atom stereocenters. The van der Waals surface area contributed by atoms with Crippen molar-refractivity contribution in [2.24, 2.45) is 5.16 Å². The molecule has 0 radical (unpaired) electrons. The summed E-state index contributed by atoms with van der Waals surface area (Å²) in [7, 11) is 1.61. The highest BCUT2D eigenvalue weighted by Gasteiger charge is 2.30. The topological polar surface area (TPSA) is 87.6 Å². The van der Waals surface area contributed by atoms with Crippen molar-refractivity contribution in [1.82, 2.24) is 5.32 Å². The summed E-state index contributed by atoms with van der Waals surface area (Å²) in [5.74, 6) is 1.42. The highest BCUT2D eigenvalue weighted by molar-refractivity contribution is 5.78. The van der Waals surface area contributed by atoms with E-state index in [2.05, 4.69) is 10.5 Å². The van der Waals surface area contributed by atoms with E-state index in [1.165, 1.54) is 0 Å². The maximum absolute atomic E-state index is 11.8. The highest BCUT2D eigenvalue weighted by Crippen LogP contribution is 2.23. The van der Waals surface area contributed by atoms with Gasteiger partial charge in [0, 0.05) is 13.0 Å². The smallest absolute Gasteiger partial charge is 0.407 e. The van der Waals surface area contributed by atoms with Gasteiger partial charge in [-0.15, -0.1) is 0 Å². The Kier molecular flexibility index (Phi) is 10.00. The van der Waals surface area contributed by atoms with Crippen LogP contribution in [-0.2, 0) is 14.3 Å². The average Bonchev–Trinajstić information content (AvgIpc) is 2.75. The molecule has 2 rings (SSSR count). The Morgan fingerprint density at radius 3 is 2.57 bits per heavy atom. The van der Waals surface area contributed by atoms with E-state index in [4.69, 9.17) is 23.8 Å². The molecule has 3 atom stereocenters. The van der Waals surface area contributed by atoms with Gasteiger partial charge in [-0.05, 0) is 50.6 Å². The van der Waals surface area contributed by atoms with Crippen LogP contribution >= 0.6 is 0 Å². The van der Waals surface area contributed by atoms with Gasteiger partial charge in [0.15, 0.2) is 0 Å². The van der Waals surface area contributed by atoms with E-state index >= 15 is 0 Å². The molecule has 0 fully saturated rings. The van der Waals surface area contributed by atoms with Crippen LogP contribution in [0.3, 0.4) is 0 Å². The number of hydrogen-bond acceptors (Lipinski definition) is 7. The third-order valence-electron chi connectivity index (χ3n) is 4.20. The van der Waals surface area contributed by atoms with Gasteiger partial charge >= 0.3 is 6.09 Å². The van der Waals surface area contributed by atoms with Crippen molar-refractivity contribution in [2.75, 3.05) is 26.9 Å². The number of oxime groups is 1. The molecule has 1 amide bonds. The van der Waals surface area contributed by atoms with Crippen LogP contribution in [-0.4, -0.2) is 57.0 Å². The predicted octanol–water partition coefficient (Wildman–Crippen LogP) is 3.70. The number of methoxy groups -OCH3 is 1. The van der Waals surface area contributed by atoms with Gasteiger partial charge in [-0.2, -0.15) is 0 Å². The lowest BCUT2D eigenvalue weighted by Crippen LogP contribution is -2.43. The minimum atomic E-state index is -0.467. The molecule has 1 heterocycles. The molecule has 0 spiro atoms. The van der Waals surface area contributed by atoms with Crippen LogP contribution < -0.4 is 14.8 Å². The Morgan fingerprint density at radius 2 is 1.90 bits per heavy atom. The second-order valence-electron chi connectivity index (χ2n) is 7.04. The minimum Gasteiger partial charge on any atom is -0.497 e. The number of alkyl carbamates (subject to hydrolysis) is 1. The van der Waals surface area contributed by atoms with E-state index in [1.807, 2.05) is 57.2 Å². The number of benzene rings is 1. The van der Waals surface area contributed by atoms with Gasteiger partial charge in [0.25, 0.3) is 0 Å². The lowest BCUT2D eigenvalue weighted by atomic mass is 10.1. The van der Waals surface area contributed by atoms with Gasteiger partial charge in [-0.3, -0.25) is 0 Å². The molecule has 8 heteroatoms. The summed E-state index contributed by atoms with van der Waals surface area (Å²) in [6.07, 6.45) is 3.84. The average molecular weight is 421 g/mol. The Hall–Kier alpha value is -2.74. The van der Waals surface area contributed by atoms with Gasteiger partial charge in [0.2, 0.25) is 0 Å². The van der Waals surface area contributed by atoms with Crippen LogP contribution in [0.4, 0.5) is 4.79 Å². The summed E-state index contributed by atoms with van der Waals surface area (Å²) in [6.45, 7) is 6.78. The van der Waals surface area contributed by atoms with E-state index < -0.39 is 18.3 Å². The number of carbonyl (C=O) groups excluding carboxylic acids is 1. The summed E-state index contributed by atoms with van der Waals surface area (Å²) < 4.78 is 22.7. The second-order valence-corrected chi connectivity index (χ2v) is 7.04. The SMILES string of the molecule is CCCNC(=O)OC[C@H]1O[C@H](CCON=C(C)C)C=C[C@@H]1Oc1ccc(OC)cc1. The quantitative estimate of drug-likeness (QED) is 0.254. The van der Waals surface area contributed by atoms with Gasteiger partial charge in [-0.25, -0.2) is 4.79 Å². The summed E-state index contributed by atoms with van der Waals surface area (Å²) in [5, 5.41) is 6.61. The first kappa shape index (κ1) is 23.5. The fourth-order valence-corrected chi connectivity index (χ4v) is 2.71. The molecule has 0 bridgehead atoms. The first-order valence-electron chi connectivity index (χ1n) is 10.2. The molecule has 166 valence electrons. The number of carbonyl (C=O) groups is 1. The van der Waals surface area contributed by atoms with Crippen molar-refractivity contribution < 1.29 is 28.6 Å². The minimum absolute atomic E-state index is 0.0737. The monoisotopic (exact) mass is 420 g/mol. The van der Waals surface area contributed by atoms with Crippen molar-refractivity contribution in [1.29, 1.82) is 0 Å². The van der Waals surface area contributed by atoms with Crippen LogP contribution in [0.25, 0.3) is 0 Å². The number of hydrogen-bond donors (Lipinski definition) is 1. The van der Waals surface area contributed by atoms with Crippen LogP contribution in [0.1, 0.15) is 33.6 Å². The number of rotatable bonds is 11. The zero-order valence-electron chi connectivity index (χ0n) is 18.1. The van der Waals surface area contributed by atoms with Crippen LogP contribution in [0, 0.1) is 0 Å². The van der Waals surface area contributed by atoms with E-state index in [-0.39, 0.29) is 12.7 Å². The van der Waals surface area contributed by atoms with Crippen molar-refractivity contribution in [3.8, 4) is 11.5 Å². The molecule has 0 aliphatic carbocycles. The summed E-state index contributed by atoms with van der Waals surface area (Å²) in [4.78, 5) is 17.1. The van der Waals surface area contributed by atoms with E-state index in [1.54, 1.807) is 7.11 Å². The largest absolute Gasteiger partial charge is 0.497 e. The maximum Gasteiger partial charge on any atom is 0.407 e. The number of nitrogens with zero attached hydrogens (tertiary/aromatic N) is 1. The fourth-order valence-electron chi connectivity index (χ4n) is 2.71. The van der Waals surface area contributed by atoms with Crippen molar-refractivity contribution in [3.05, 3.63) is 36.4 Å². The van der Waals surface area contributed by atoms with Crippen LogP contribution in [0.2, 0.25) is 0 Å². The first-order chi connectivity index (χ1) is 14.5. The molecule has 1 aromatic rings. The molecule has 1 aromatic carbocycles. The molecule has 1 N–H and O–H groups in total. The number of amides is 1. The third-order valence-corrected chi connectivity index (χ3v) is 4.20. The van der Waals surface area contributed by atoms with E-state index in [0.29, 0.717) is 25.3 Å². The molecular formula is C22H32N2O6. The van der Waals surface area contributed by atoms with Gasteiger partial charge in [-0.1, -0.05) is 18.2 Å². The summed E-state index contributed by atoms with van der Waals surface area (Å²) in [5.41, 5.74) is 0.854. The Morgan fingerprint density at radius 1 is 1.17 bits per heavy atom. The van der Waals surface area contributed by atoms with Crippen molar-refractivity contribution in [2.45, 2.75) is 51.9 Å². The lowest BCUT2D eigenvalue weighted by Gasteiger charge is -2.32. The van der Waals surface area contributed by atoms with Crippen molar-refractivity contribution >= 4 is 11.8 Å². The molecule has 0 saturated heterocycles. The Bertz CT molecular complexity index is 700. The van der Waals surface area contributed by atoms with Crippen LogP contribution in [0.15, 0.2) is 41.6 Å². The maximum atomic E-state index is 11.8. The Labute approximate surface area is 178 Å². The van der Waals surface area contributed by atoms with E-state index in [0.717, 1.165) is 17.9 Å². The zero-order chi connectivity index (χ0) is 21.8. The lowest BCUT2D eigenvalue weighted by molar-refractivity contribution is -0.0808. The molecular weight excluding hydrogens is 388 g/mol. The molecule has 1 aliphatic rings. The highest BCUT2D eigenvalue weighted by atomic mass is 16.6. The summed E-state index contributed by atoms with van der Waals surface area (Å²) >= 11 is 0. The molecule has 0 aromatic heterocycles. The molecule has 1 aliphatic heterocycles. The van der Waals surface area contributed by atoms with Crippen LogP contribution in [0.5, 0.6) is 11.5 Å². The molecule has 0 saturated carbocycles. The normalized spacial score (nSPS) is 20.2. The number of nitrogens with one attached hydrogen (secondary N) is 1. The second kappa shape index (κ2) is 12.7. The zero-order valence-corrected chi connectivity index (χ0v) is 18.1. The van der Waals surface area contributed by atoms with Gasteiger partial charge in [0.05, 0.1) is 18.9 Å². The molecule has 30 heavy (non-hydrogen) atoms. The predicted molar refractivity (Wildman–Crippen MR) is 114 cm³/mol. The standard InChI is InChI=1S/C22H32N2O6/c1-5-13-23-22(25)27-15-21-20(29-18-8-6-17(26-4)7-9-18)11-10-19(30-21)12-14-28-24-16(2)3/h6-11,19-21H,5,12-15H2,1-4H3,(H,23,25)/t19-,20-,21+/m0/s1. The molecule has 8 nitrogen and oxygen atoms in total. The first-order valence-corrected chi connectivity index (χ1v) is 10.2. The summed E-state index contributed by atoms with van der Waals surface area (Å²) in [6, 6.07) is 7.29. The van der Waals surface area contributed by atoms with Gasteiger partial charge < -0.3 is 29.1 Å². The fraction of sp³-hybridized carbons (Fsp3) is 0.545. The number of ether oxygens (including phenoxy) is 4. The van der Waals surface area contributed by atoms with Gasteiger partial charge in [0.1, 0.15) is 36.9 Å².